The van der Waals surface area contributed by atoms with Gasteiger partial charge in [-0.3, -0.25) is 4.79 Å². The van der Waals surface area contributed by atoms with Crippen molar-refractivity contribution in [3.05, 3.63) is 59.2 Å². The van der Waals surface area contributed by atoms with Crippen LogP contribution in [0.5, 0.6) is 11.5 Å². The van der Waals surface area contributed by atoms with E-state index in [1.807, 2.05) is 0 Å². The quantitative estimate of drug-likeness (QED) is 0.806. The smallest absolute Gasteiger partial charge is 0.199 e. The van der Waals surface area contributed by atoms with E-state index in [2.05, 4.69) is 0 Å². The second-order valence-corrected chi connectivity index (χ2v) is 3.99. The number of para-hydroxylation sites is 1. The molecule has 0 saturated carbocycles. The highest BCUT2D eigenvalue weighted by molar-refractivity contribution is 6.11. The van der Waals surface area contributed by atoms with Crippen molar-refractivity contribution in [3.8, 4) is 11.5 Å². The number of ketones is 1. The Labute approximate surface area is 114 Å². The van der Waals surface area contributed by atoms with Crippen LogP contribution in [-0.2, 0) is 0 Å². The first-order valence-corrected chi connectivity index (χ1v) is 5.79. The molecule has 0 aliphatic carbocycles. The molecule has 0 amide bonds. The highest BCUT2D eigenvalue weighted by Gasteiger charge is 2.20. The van der Waals surface area contributed by atoms with Gasteiger partial charge in [0.1, 0.15) is 11.6 Å². The highest BCUT2D eigenvalue weighted by Crippen LogP contribution is 2.32. The van der Waals surface area contributed by atoms with Gasteiger partial charge in [-0.1, -0.05) is 6.07 Å². The average Bonchev–Trinajstić information content (AvgIpc) is 2.45. The Kier molecular flexibility index (Phi) is 3.98. The van der Waals surface area contributed by atoms with Gasteiger partial charge in [-0.2, -0.15) is 0 Å². The average molecular weight is 278 g/mol. The van der Waals surface area contributed by atoms with E-state index in [1.54, 1.807) is 12.1 Å². The highest BCUT2D eigenvalue weighted by atomic mass is 19.1. The lowest BCUT2D eigenvalue weighted by Gasteiger charge is -2.12. The molecule has 0 bridgehead atoms. The van der Waals surface area contributed by atoms with Crippen LogP contribution in [-0.4, -0.2) is 20.0 Å². The third-order valence-corrected chi connectivity index (χ3v) is 2.82. The summed E-state index contributed by atoms with van der Waals surface area (Å²) in [6, 6.07) is 7.51. The maximum absolute atomic E-state index is 13.7. The van der Waals surface area contributed by atoms with Crippen molar-refractivity contribution >= 4 is 5.78 Å². The molecular formula is C15H12F2O3. The lowest BCUT2D eigenvalue weighted by Crippen LogP contribution is -2.07. The molecule has 0 fully saturated rings. The Bertz CT molecular complexity index is 654. The summed E-state index contributed by atoms with van der Waals surface area (Å²) in [6.07, 6.45) is 0. The lowest BCUT2D eigenvalue weighted by atomic mass is 10.0. The van der Waals surface area contributed by atoms with Crippen molar-refractivity contribution in [2.45, 2.75) is 0 Å². The zero-order valence-corrected chi connectivity index (χ0v) is 10.9. The number of rotatable bonds is 4. The number of halogens is 2. The summed E-state index contributed by atoms with van der Waals surface area (Å²) in [7, 11) is 2.82. The summed E-state index contributed by atoms with van der Waals surface area (Å²) in [5.74, 6) is -1.68. The van der Waals surface area contributed by atoms with Crippen LogP contribution in [0.15, 0.2) is 36.4 Å². The van der Waals surface area contributed by atoms with Crippen LogP contribution in [0.25, 0.3) is 0 Å². The van der Waals surface area contributed by atoms with Crippen LogP contribution in [0.2, 0.25) is 0 Å². The number of carbonyl (C=O) groups excluding carboxylic acids is 1. The topological polar surface area (TPSA) is 35.5 Å². The number of benzene rings is 2. The molecule has 20 heavy (non-hydrogen) atoms. The van der Waals surface area contributed by atoms with Crippen LogP contribution < -0.4 is 9.47 Å². The van der Waals surface area contributed by atoms with E-state index in [-0.39, 0.29) is 16.9 Å². The molecule has 0 saturated heterocycles. The molecule has 0 N–H and O–H groups in total. The predicted molar refractivity (Wildman–Crippen MR) is 69.3 cm³/mol. The first-order chi connectivity index (χ1) is 9.58. The Morgan fingerprint density at radius 3 is 2.35 bits per heavy atom. The third kappa shape index (κ3) is 2.47. The second kappa shape index (κ2) is 5.69. The van der Waals surface area contributed by atoms with Crippen LogP contribution in [0.3, 0.4) is 0 Å². The van der Waals surface area contributed by atoms with Gasteiger partial charge in [-0.25, -0.2) is 8.78 Å². The van der Waals surface area contributed by atoms with E-state index >= 15 is 0 Å². The molecule has 0 aliphatic heterocycles. The van der Waals surface area contributed by atoms with E-state index in [0.717, 1.165) is 12.1 Å². The van der Waals surface area contributed by atoms with Crippen molar-refractivity contribution in [3.63, 3.8) is 0 Å². The summed E-state index contributed by atoms with van der Waals surface area (Å²) in [5.41, 5.74) is -0.0738. The zero-order valence-electron chi connectivity index (χ0n) is 10.9. The summed E-state index contributed by atoms with van der Waals surface area (Å²) in [5, 5.41) is 0. The van der Waals surface area contributed by atoms with E-state index in [1.165, 1.54) is 20.3 Å². The number of carbonyl (C=O) groups is 1. The summed E-state index contributed by atoms with van der Waals surface area (Å²) in [6.45, 7) is 0. The van der Waals surface area contributed by atoms with Crippen molar-refractivity contribution in [1.82, 2.24) is 0 Å². The minimum Gasteiger partial charge on any atom is -0.493 e. The minimum atomic E-state index is -0.917. The number of hydrogen-bond donors (Lipinski definition) is 0. The van der Waals surface area contributed by atoms with Gasteiger partial charge >= 0.3 is 0 Å². The van der Waals surface area contributed by atoms with Gasteiger partial charge in [-0.05, 0) is 24.3 Å². The normalized spacial score (nSPS) is 10.2. The Hall–Kier alpha value is -2.43. The first-order valence-electron chi connectivity index (χ1n) is 5.79. The van der Waals surface area contributed by atoms with E-state index in [0.29, 0.717) is 11.8 Å². The van der Waals surface area contributed by atoms with Gasteiger partial charge in [0.15, 0.2) is 17.3 Å². The largest absolute Gasteiger partial charge is 0.493 e. The molecule has 104 valence electrons. The van der Waals surface area contributed by atoms with E-state index in [9.17, 15) is 13.6 Å². The number of hydrogen-bond acceptors (Lipinski definition) is 3. The minimum absolute atomic E-state index is 0.150. The molecule has 0 unspecified atom stereocenters. The van der Waals surface area contributed by atoms with Gasteiger partial charge in [0, 0.05) is 6.07 Å². The molecule has 0 heterocycles. The van der Waals surface area contributed by atoms with Crippen molar-refractivity contribution in [2.24, 2.45) is 0 Å². The maximum atomic E-state index is 13.7. The molecule has 3 nitrogen and oxygen atoms in total. The molecule has 2 rings (SSSR count). The van der Waals surface area contributed by atoms with Gasteiger partial charge in [0.2, 0.25) is 0 Å². The van der Waals surface area contributed by atoms with Crippen molar-refractivity contribution < 1.29 is 23.0 Å². The van der Waals surface area contributed by atoms with Gasteiger partial charge < -0.3 is 9.47 Å². The SMILES string of the molecule is COc1cccc(C(=O)c2ccc(F)cc2F)c1OC. The van der Waals surface area contributed by atoms with E-state index < -0.39 is 17.4 Å². The monoisotopic (exact) mass is 278 g/mol. The molecule has 0 spiro atoms. The standard InChI is InChI=1S/C15H12F2O3/c1-19-13-5-3-4-11(15(13)20-2)14(18)10-7-6-9(16)8-12(10)17/h3-8H,1-2H3. The lowest BCUT2D eigenvalue weighted by molar-refractivity contribution is 0.103. The fraction of sp³-hybridized carbons (Fsp3) is 0.133. The Morgan fingerprint density at radius 1 is 1.00 bits per heavy atom. The zero-order chi connectivity index (χ0) is 14.7. The van der Waals surface area contributed by atoms with Crippen LogP contribution in [0, 0.1) is 11.6 Å². The van der Waals surface area contributed by atoms with Crippen molar-refractivity contribution in [1.29, 1.82) is 0 Å². The molecule has 2 aromatic rings. The molecule has 0 atom stereocenters. The summed E-state index contributed by atoms with van der Waals surface area (Å²) >= 11 is 0. The molecular weight excluding hydrogens is 266 g/mol. The van der Waals surface area contributed by atoms with Crippen LogP contribution >= 0.6 is 0 Å². The summed E-state index contributed by atoms with van der Waals surface area (Å²) in [4.78, 5) is 12.3. The molecule has 2 aromatic carbocycles. The van der Waals surface area contributed by atoms with Gasteiger partial charge in [0.05, 0.1) is 25.3 Å². The first kappa shape index (κ1) is 14.0. The third-order valence-electron chi connectivity index (χ3n) is 2.82. The maximum Gasteiger partial charge on any atom is 0.199 e. The van der Waals surface area contributed by atoms with E-state index in [4.69, 9.17) is 9.47 Å². The van der Waals surface area contributed by atoms with Crippen molar-refractivity contribution in [2.75, 3.05) is 14.2 Å². The fourth-order valence-corrected chi connectivity index (χ4v) is 1.88. The van der Waals surface area contributed by atoms with Crippen LogP contribution in [0.4, 0.5) is 8.78 Å². The molecule has 5 heteroatoms. The second-order valence-electron chi connectivity index (χ2n) is 3.99. The number of ether oxygens (including phenoxy) is 2. The Balaban J connectivity index is 2.53. The summed E-state index contributed by atoms with van der Waals surface area (Å²) < 4.78 is 36.8. The fourth-order valence-electron chi connectivity index (χ4n) is 1.88. The number of methoxy groups -OCH3 is 2. The molecule has 0 aromatic heterocycles. The van der Waals surface area contributed by atoms with Gasteiger partial charge in [-0.15, -0.1) is 0 Å². The molecule has 0 radical (unpaired) electrons. The van der Waals surface area contributed by atoms with Gasteiger partial charge in [0.25, 0.3) is 0 Å². The van der Waals surface area contributed by atoms with Crippen LogP contribution in [0.1, 0.15) is 15.9 Å². The Morgan fingerprint density at radius 2 is 1.75 bits per heavy atom. The predicted octanol–water partition coefficient (Wildman–Crippen LogP) is 3.21. The molecule has 0 aliphatic rings.